The molecule has 0 aromatic heterocycles. The zero-order valence-electron chi connectivity index (χ0n) is 9.29. The number of rotatable bonds is 6. The van der Waals surface area contributed by atoms with Gasteiger partial charge in [-0.2, -0.15) is 23.5 Å². The van der Waals surface area contributed by atoms with Gasteiger partial charge < -0.3 is 10.2 Å². The van der Waals surface area contributed by atoms with Gasteiger partial charge in [0, 0.05) is 29.1 Å². The number of nitrogens with zero attached hydrogens (tertiary/aromatic N) is 1. The van der Waals surface area contributed by atoms with Crippen LogP contribution in [-0.4, -0.2) is 61.1 Å². The van der Waals surface area contributed by atoms with Gasteiger partial charge >= 0.3 is 0 Å². The first kappa shape index (κ1) is 12.7. The smallest absolute Gasteiger partial charge is 0.0263 e. The van der Waals surface area contributed by atoms with Gasteiger partial charge in [0.15, 0.2) is 0 Å². The number of nitrogens with one attached hydrogen (secondary N) is 1. The molecule has 2 nitrogen and oxygen atoms in total. The van der Waals surface area contributed by atoms with E-state index in [2.05, 4.69) is 47.8 Å². The molecule has 4 heteroatoms. The first-order valence-electron chi connectivity index (χ1n) is 5.34. The van der Waals surface area contributed by atoms with E-state index in [4.69, 9.17) is 0 Å². The van der Waals surface area contributed by atoms with Crippen molar-refractivity contribution in [1.29, 1.82) is 0 Å². The molecule has 1 aliphatic rings. The minimum atomic E-state index is 0.855. The molecule has 0 aliphatic carbocycles. The Labute approximate surface area is 96.6 Å². The van der Waals surface area contributed by atoms with Crippen LogP contribution in [0.2, 0.25) is 0 Å². The summed E-state index contributed by atoms with van der Waals surface area (Å²) in [5.74, 6) is 4.03. The van der Waals surface area contributed by atoms with Gasteiger partial charge in [0.2, 0.25) is 0 Å². The second-order valence-electron chi connectivity index (χ2n) is 3.93. The Morgan fingerprint density at radius 2 is 2.21 bits per heavy atom. The van der Waals surface area contributed by atoms with Crippen LogP contribution in [0, 0.1) is 0 Å². The van der Waals surface area contributed by atoms with Gasteiger partial charge in [-0.3, -0.25) is 0 Å². The topological polar surface area (TPSA) is 15.3 Å². The Morgan fingerprint density at radius 1 is 1.36 bits per heavy atom. The summed E-state index contributed by atoms with van der Waals surface area (Å²) in [7, 11) is 4.27. The predicted octanol–water partition coefficient (Wildman–Crippen LogP) is 1.38. The third-order valence-corrected chi connectivity index (χ3v) is 5.06. The van der Waals surface area contributed by atoms with Crippen molar-refractivity contribution in [2.75, 3.05) is 51.0 Å². The summed E-state index contributed by atoms with van der Waals surface area (Å²) < 4.78 is 0. The SMILES string of the molecule is CN(C)CCCNCC1CSCCS1. The van der Waals surface area contributed by atoms with Crippen LogP contribution in [0.1, 0.15) is 6.42 Å². The van der Waals surface area contributed by atoms with Crippen molar-refractivity contribution in [1.82, 2.24) is 10.2 Å². The van der Waals surface area contributed by atoms with Gasteiger partial charge in [0.25, 0.3) is 0 Å². The molecule has 1 unspecified atom stereocenters. The van der Waals surface area contributed by atoms with E-state index in [0.717, 1.165) is 5.25 Å². The lowest BCUT2D eigenvalue weighted by atomic mass is 10.4. The van der Waals surface area contributed by atoms with Crippen molar-refractivity contribution < 1.29 is 0 Å². The monoisotopic (exact) mass is 234 g/mol. The lowest BCUT2D eigenvalue weighted by Gasteiger charge is -2.21. The minimum absolute atomic E-state index is 0.855. The standard InChI is InChI=1S/C10H22N2S2/c1-12(2)5-3-4-11-8-10-9-13-6-7-14-10/h10-11H,3-9H2,1-2H3. The largest absolute Gasteiger partial charge is 0.316 e. The highest BCUT2D eigenvalue weighted by atomic mass is 32.2. The Hall–Kier alpha value is 0.620. The molecular weight excluding hydrogens is 212 g/mol. The summed E-state index contributed by atoms with van der Waals surface area (Å²) in [6.45, 7) is 3.56. The fourth-order valence-corrected chi connectivity index (χ4v) is 4.08. The molecule has 1 saturated heterocycles. The molecule has 0 aromatic rings. The third kappa shape index (κ3) is 6.17. The van der Waals surface area contributed by atoms with Gasteiger partial charge in [0.1, 0.15) is 0 Å². The fraction of sp³-hybridized carbons (Fsp3) is 1.00. The zero-order chi connectivity index (χ0) is 10.2. The van der Waals surface area contributed by atoms with Gasteiger partial charge in [-0.1, -0.05) is 0 Å². The molecule has 0 aromatic carbocycles. The molecule has 0 radical (unpaired) electrons. The highest BCUT2D eigenvalue weighted by molar-refractivity contribution is 8.06. The molecule has 1 atom stereocenters. The maximum Gasteiger partial charge on any atom is 0.0263 e. The van der Waals surface area contributed by atoms with E-state index < -0.39 is 0 Å². The quantitative estimate of drug-likeness (QED) is 0.698. The summed E-state index contributed by atoms with van der Waals surface area (Å²) in [4.78, 5) is 2.24. The van der Waals surface area contributed by atoms with Crippen LogP contribution in [0.4, 0.5) is 0 Å². The molecular formula is C10H22N2S2. The van der Waals surface area contributed by atoms with Crippen molar-refractivity contribution in [3.8, 4) is 0 Å². The Morgan fingerprint density at radius 3 is 2.86 bits per heavy atom. The molecule has 0 bridgehead atoms. The molecule has 1 rings (SSSR count). The summed E-state index contributed by atoms with van der Waals surface area (Å²) in [5, 5.41) is 4.40. The van der Waals surface area contributed by atoms with Crippen LogP contribution in [0.15, 0.2) is 0 Å². The molecule has 0 saturated carbocycles. The Balaban J connectivity index is 1.87. The molecule has 14 heavy (non-hydrogen) atoms. The van der Waals surface area contributed by atoms with E-state index in [1.54, 1.807) is 0 Å². The molecule has 0 spiro atoms. The van der Waals surface area contributed by atoms with Crippen LogP contribution in [0.25, 0.3) is 0 Å². The summed E-state index contributed by atoms with van der Waals surface area (Å²) in [6, 6.07) is 0. The molecule has 1 fully saturated rings. The molecule has 1 heterocycles. The minimum Gasteiger partial charge on any atom is -0.316 e. The second kappa shape index (κ2) is 7.85. The van der Waals surface area contributed by atoms with E-state index in [1.165, 1.54) is 43.3 Å². The van der Waals surface area contributed by atoms with E-state index >= 15 is 0 Å². The van der Waals surface area contributed by atoms with Crippen molar-refractivity contribution in [2.45, 2.75) is 11.7 Å². The normalized spacial score (nSPS) is 22.9. The lowest BCUT2D eigenvalue weighted by molar-refractivity contribution is 0.395. The lowest BCUT2D eigenvalue weighted by Crippen LogP contribution is -2.30. The Bertz CT molecular complexity index is 136. The van der Waals surface area contributed by atoms with Crippen molar-refractivity contribution in [3.63, 3.8) is 0 Å². The van der Waals surface area contributed by atoms with Crippen molar-refractivity contribution >= 4 is 23.5 Å². The molecule has 1 aliphatic heterocycles. The number of hydrogen-bond donors (Lipinski definition) is 1. The van der Waals surface area contributed by atoms with E-state index in [-0.39, 0.29) is 0 Å². The fourth-order valence-electron chi connectivity index (χ4n) is 1.44. The average Bonchev–Trinajstić information content (AvgIpc) is 2.18. The first-order chi connectivity index (χ1) is 6.79. The van der Waals surface area contributed by atoms with Crippen molar-refractivity contribution in [2.24, 2.45) is 0 Å². The maximum atomic E-state index is 3.55. The molecule has 0 amide bonds. The molecule has 1 N–H and O–H groups in total. The summed E-state index contributed by atoms with van der Waals surface area (Å²) >= 11 is 4.24. The van der Waals surface area contributed by atoms with Crippen LogP contribution in [0.3, 0.4) is 0 Å². The van der Waals surface area contributed by atoms with Gasteiger partial charge in [-0.25, -0.2) is 0 Å². The van der Waals surface area contributed by atoms with Gasteiger partial charge in [0.05, 0.1) is 0 Å². The van der Waals surface area contributed by atoms with Crippen LogP contribution in [-0.2, 0) is 0 Å². The summed E-state index contributed by atoms with van der Waals surface area (Å²) in [5.41, 5.74) is 0. The van der Waals surface area contributed by atoms with E-state index in [1.807, 2.05) is 0 Å². The predicted molar refractivity (Wildman–Crippen MR) is 69.6 cm³/mol. The van der Waals surface area contributed by atoms with Gasteiger partial charge in [-0.15, -0.1) is 0 Å². The second-order valence-corrected chi connectivity index (χ2v) is 6.49. The Kier molecular flexibility index (Phi) is 7.12. The van der Waals surface area contributed by atoms with Crippen LogP contribution < -0.4 is 5.32 Å². The van der Waals surface area contributed by atoms with E-state index in [0.29, 0.717) is 0 Å². The number of thioether (sulfide) groups is 2. The maximum absolute atomic E-state index is 3.55. The third-order valence-electron chi connectivity index (χ3n) is 2.22. The van der Waals surface area contributed by atoms with Gasteiger partial charge in [-0.05, 0) is 33.6 Å². The average molecular weight is 234 g/mol. The highest BCUT2D eigenvalue weighted by Gasteiger charge is 2.12. The molecule has 84 valence electrons. The summed E-state index contributed by atoms with van der Waals surface area (Å²) in [6.07, 6.45) is 1.26. The van der Waals surface area contributed by atoms with E-state index in [9.17, 15) is 0 Å². The highest BCUT2D eigenvalue weighted by Crippen LogP contribution is 2.23. The number of hydrogen-bond acceptors (Lipinski definition) is 4. The first-order valence-corrected chi connectivity index (χ1v) is 7.54. The van der Waals surface area contributed by atoms with Crippen molar-refractivity contribution in [3.05, 3.63) is 0 Å². The van der Waals surface area contributed by atoms with Crippen LogP contribution in [0.5, 0.6) is 0 Å². The zero-order valence-corrected chi connectivity index (χ0v) is 10.9. The van der Waals surface area contributed by atoms with Crippen LogP contribution >= 0.6 is 23.5 Å².